The number of esters is 1. The molecule has 1 aromatic rings. The van der Waals surface area contributed by atoms with Crippen LogP contribution in [-0.2, 0) is 14.3 Å². The Morgan fingerprint density at radius 3 is 2.42 bits per heavy atom. The normalized spacial score (nSPS) is 15.1. The van der Waals surface area contributed by atoms with Crippen molar-refractivity contribution in [3.05, 3.63) is 24.3 Å². The van der Waals surface area contributed by atoms with Crippen LogP contribution in [-0.4, -0.2) is 47.9 Å². The first kappa shape index (κ1) is 20.0. The molecule has 0 aliphatic carbocycles. The zero-order valence-electron chi connectivity index (χ0n) is 12.7. The van der Waals surface area contributed by atoms with Crippen LogP contribution in [0.1, 0.15) is 6.92 Å². The SMILES string of the molecule is CCOc1ccccc1NC(=O)[C@@H](Cl)[C@](O)(C(=O)OC)C(F)(F)F. The van der Waals surface area contributed by atoms with E-state index in [0.29, 0.717) is 7.11 Å². The minimum atomic E-state index is -5.52. The minimum absolute atomic E-state index is 0.0318. The summed E-state index contributed by atoms with van der Waals surface area (Å²) >= 11 is 5.45. The number of amides is 1. The van der Waals surface area contributed by atoms with Crippen LogP contribution in [0.15, 0.2) is 24.3 Å². The molecule has 6 nitrogen and oxygen atoms in total. The van der Waals surface area contributed by atoms with Gasteiger partial charge < -0.3 is 19.9 Å². The van der Waals surface area contributed by atoms with Crippen LogP contribution >= 0.6 is 11.6 Å². The molecule has 0 heterocycles. The fraction of sp³-hybridized carbons (Fsp3) is 0.429. The molecule has 0 fully saturated rings. The molecule has 2 N–H and O–H groups in total. The van der Waals surface area contributed by atoms with Crippen molar-refractivity contribution >= 4 is 29.2 Å². The average molecular weight is 370 g/mol. The van der Waals surface area contributed by atoms with Crippen LogP contribution in [0.25, 0.3) is 0 Å². The number of carbonyl (C=O) groups excluding carboxylic acids is 2. The molecule has 2 atom stereocenters. The molecule has 0 radical (unpaired) electrons. The van der Waals surface area contributed by atoms with Crippen LogP contribution in [0.3, 0.4) is 0 Å². The molecule has 134 valence electrons. The standard InChI is InChI=1S/C14H15ClF3NO5/c1-3-24-9-7-5-4-6-8(9)19-11(20)10(15)13(22,12(21)23-2)14(16,17)18/h4-7,10,22H,3H2,1-2H3,(H,19,20)/t10-,13+/m1/s1. The molecule has 0 saturated carbocycles. The molecule has 1 amide bonds. The van der Waals surface area contributed by atoms with E-state index >= 15 is 0 Å². The highest BCUT2D eigenvalue weighted by Crippen LogP contribution is 2.37. The number of nitrogens with one attached hydrogen (secondary N) is 1. The van der Waals surface area contributed by atoms with Crippen molar-refractivity contribution < 1.29 is 37.3 Å². The number of alkyl halides is 4. The number of carbonyl (C=O) groups is 2. The Labute approximate surface area is 140 Å². The van der Waals surface area contributed by atoms with Gasteiger partial charge in [-0.25, -0.2) is 4.79 Å². The number of halogens is 4. The van der Waals surface area contributed by atoms with Gasteiger partial charge in [-0.1, -0.05) is 12.1 Å². The second kappa shape index (κ2) is 7.71. The molecule has 10 heteroatoms. The second-order valence-electron chi connectivity index (χ2n) is 4.54. The Bertz CT molecular complexity index is 610. The van der Waals surface area contributed by atoms with Crippen LogP contribution in [0, 0.1) is 0 Å². The number of anilines is 1. The smallest absolute Gasteiger partial charge is 0.430 e. The summed E-state index contributed by atoms with van der Waals surface area (Å²) in [5, 5.41) is 9.09. The maximum Gasteiger partial charge on any atom is 0.430 e. The zero-order valence-corrected chi connectivity index (χ0v) is 13.4. The van der Waals surface area contributed by atoms with Gasteiger partial charge in [0.2, 0.25) is 5.91 Å². The molecule has 0 bridgehead atoms. The lowest BCUT2D eigenvalue weighted by molar-refractivity contribution is -0.260. The summed E-state index contributed by atoms with van der Waals surface area (Å²) in [6.45, 7) is 1.91. The Morgan fingerprint density at radius 1 is 1.33 bits per heavy atom. The summed E-state index contributed by atoms with van der Waals surface area (Å²) in [4.78, 5) is 23.4. The van der Waals surface area contributed by atoms with Gasteiger partial charge in [-0.05, 0) is 19.1 Å². The van der Waals surface area contributed by atoms with Crippen molar-refractivity contribution in [3.8, 4) is 5.75 Å². The lowest BCUT2D eigenvalue weighted by Gasteiger charge is -2.30. The van der Waals surface area contributed by atoms with Gasteiger partial charge in [-0.3, -0.25) is 4.79 Å². The summed E-state index contributed by atoms with van der Waals surface area (Å²) in [6.07, 6.45) is -5.52. The first-order chi connectivity index (χ1) is 11.1. The number of hydrogen-bond donors (Lipinski definition) is 2. The molecule has 24 heavy (non-hydrogen) atoms. The van der Waals surface area contributed by atoms with Gasteiger partial charge >= 0.3 is 12.1 Å². The van der Waals surface area contributed by atoms with Crippen molar-refractivity contribution in [2.45, 2.75) is 24.1 Å². The number of para-hydroxylation sites is 2. The fourth-order valence-corrected chi connectivity index (χ4v) is 2.02. The van der Waals surface area contributed by atoms with E-state index in [1.807, 2.05) is 0 Å². The van der Waals surface area contributed by atoms with Crippen LogP contribution < -0.4 is 10.1 Å². The molecular weight excluding hydrogens is 355 g/mol. The van der Waals surface area contributed by atoms with E-state index in [1.54, 1.807) is 13.0 Å². The summed E-state index contributed by atoms with van der Waals surface area (Å²) in [7, 11) is 0.630. The maximum atomic E-state index is 13.1. The van der Waals surface area contributed by atoms with Crippen LogP contribution in [0.5, 0.6) is 5.75 Å². The lowest BCUT2D eigenvalue weighted by Crippen LogP contribution is -2.62. The predicted octanol–water partition coefficient (Wildman–Crippen LogP) is 2.10. The Kier molecular flexibility index (Phi) is 6.44. The van der Waals surface area contributed by atoms with Crippen LogP contribution in [0.4, 0.5) is 18.9 Å². The fourth-order valence-electron chi connectivity index (χ4n) is 1.76. The van der Waals surface area contributed by atoms with Crippen molar-refractivity contribution in [3.63, 3.8) is 0 Å². The molecule has 1 rings (SSSR count). The highest BCUT2D eigenvalue weighted by Gasteiger charge is 2.67. The van der Waals surface area contributed by atoms with Gasteiger partial charge in [0.15, 0.2) is 5.38 Å². The van der Waals surface area contributed by atoms with E-state index in [4.69, 9.17) is 16.3 Å². The lowest BCUT2D eigenvalue weighted by atomic mass is 9.97. The first-order valence-electron chi connectivity index (χ1n) is 6.63. The van der Waals surface area contributed by atoms with E-state index in [0.717, 1.165) is 0 Å². The third-order valence-electron chi connectivity index (χ3n) is 2.97. The van der Waals surface area contributed by atoms with Crippen molar-refractivity contribution in [2.75, 3.05) is 19.0 Å². The third kappa shape index (κ3) is 3.90. The van der Waals surface area contributed by atoms with Gasteiger partial charge in [-0.15, -0.1) is 11.6 Å². The van der Waals surface area contributed by atoms with Crippen LogP contribution in [0.2, 0.25) is 0 Å². The average Bonchev–Trinajstić information content (AvgIpc) is 2.53. The Morgan fingerprint density at radius 2 is 1.92 bits per heavy atom. The zero-order chi connectivity index (χ0) is 18.5. The van der Waals surface area contributed by atoms with Gasteiger partial charge in [0.25, 0.3) is 5.60 Å². The van der Waals surface area contributed by atoms with E-state index in [9.17, 15) is 27.9 Å². The largest absolute Gasteiger partial charge is 0.492 e. The summed E-state index contributed by atoms with van der Waals surface area (Å²) in [6, 6.07) is 5.91. The van der Waals surface area contributed by atoms with Crippen molar-refractivity contribution in [2.24, 2.45) is 0 Å². The van der Waals surface area contributed by atoms with E-state index in [2.05, 4.69) is 10.1 Å². The third-order valence-corrected chi connectivity index (χ3v) is 3.48. The monoisotopic (exact) mass is 369 g/mol. The van der Waals surface area contributed by atoms with Crippen molar-refractivity contribution in [1.29, 1.82) is 0 Å². The number of rotatable bonds is 6. The molecule has 0 aliphatic rings. The molecule has 1 aromatic carbocycles. The highest BCUT2D eigenvalue weighted by molar-refractivity contribution is 6.35. The number of benzene rings is 1. The Hall–Kier alpha value is -2.00. The first-order valence-corrected chi connectivity index (χ1v) is 7.07. The highest BCUT2D eigenvalue weighted by atomic mass is 35.5. The summed E-state index contributed by atoms with van der Waals surface area (Å²) < 4.78 is 48.3. The molecule has 0 spiro atoms. The van der Waals surface area contributed by atoms with Crippen molar-refractivity contribution in [1.82, 2.24) is 0 Å². The number of hydrogen-bond acceptors (Lipinski definition) is 5. The van der Waals surface area contributed by atoms with Gasteiger partial charge in [0, 0.05) is 0 Å². The molecule has 0 saturated heterocycles. The number of methoxy groups -OCH3 is 1. The quantitative estimate of drug-likeness (QED) is 0.592. The maximum absolute atomic E-state index is 13.1. The molecule has 0 aliphatic heterocycles. The van der Waals surface area contributed by atoms with E-state index < -0.39 is 29.0 Å². The Balaban J connectivity index is 3.11. The molecular formula is C14H15ClF3NO5. The minimum Gasteiger partial charge on any atom is -0.492 e. The predicted molar refractivity (Wildman–Crippen MR) is 78.9 cm³/mol. The second-order valence-corrected chi connectivity index (χ2v) is 4.97. The topological polar surface area (TPSA) is 84.9 Å². The van der Waals surface area contributed by atoms with Gasteiger partial charge in [-0.2, -0.15) is 13.2 Å². The van der Waals surface area contributed by atoms with Gasteiger partial charge in [0.05, 0.1) is 19.4 Å². The van der Waals surface area contributed by atoms with Gasteiger partial charge in [0.1, 0.15) is 5.75 Å². The van der Waals surface area contributed by atoms with E-state index in [-0.39, 0.29) is 18.0 Å². The molecule has 0 aromatic heterocycles. The number of ether oxygens (including phenoxy) is 2. The number of aliphatic hydroxyl groups is 1. The summed E-state index contributed by atoms with van der Waals surface area (Å²) in [5.41, 5.74) is -4.17. The molecule has 0 unspecified atom stereocenters. The van der Waals surface area contributed by atoms with E-state index in [1.165, 1.54) is 18.2 Å². The summed E-state index contributed by atoms with van der Waals surface area (Å²) in [5.74, 6) is -3.36.